The Balaban J connectivity index is 2.73. The van der Waals surface area contributed by atoms with E-state index in [1.165, 1.54) is 0 Å². The number of hydrogen-bond donors (Lipinski definition) is 0. The van der Waals surface area contributed by atoms with Crippen LogP contribution in [0.4, 0.5) is 4.79 Å². The fraction of sp³-hybridized carbons (Fsp3) is 0.700. The summed E-state index contributed by atoms with van der Waals surface area (Å²) in [5.74, 6) is -0.905. The maximum atomic E-state index is 11.9. The summed E-state index contributed by atoms with van der Waals surface area (Å²) in [6.07, 6.45) is -0.904. The minimum atomic E-state index is -1.78. The van der Waals surface area contributed by atoms with Crippen molar-refractivity contribution in [1.29, 1.82) is 0 Å². The zero-order valence-electron chi connectivity index (χ0n) is 10.5. The third-order valence-corrected chi connectivity index (χ3v) is 5.12. The lowest BCUT2D eigenvalue weighted by atomic mass is 10.3. The van der Waals surface area contributed by atoms with E-state index in [4.69, 9.17) is 0 Å². The molecule has 7 heteroatoms. The molecular weight excluding hydrogens is 242 g/mol. The van der Waals surface area contributed by atoms with Crippen LogP contribution in [0.1, 0.15) is 13.3 Å². The molecule has 1 fully saturated rings. The number of carbonyl (C=O) groups is 3. The molecule has 1 saturated heterocycles. The fourth-order valence-electron chi connectivity index (χ4n) is 1.60. The van der Waals surface area contributed by atoms with Gasteiger partial charge in [0, 0.05) is 12.0 Å². The van der Waals surface area contributed by atoms with Gasteiger partial charge in [-0.1, -0.05) is 24.7 Å². The van der Waals surface area contributed by atoms with Crippen LogP contribution in [0.2, 0.25) is 25.2 Å². The van der Waals surface area contributed by atoms with Gasteiger partial charge in [0.1, 0.15) is 0 Å². The molecule has 6 nitrogen and oxygen atoms in total. The third kappa shape index (κ3) is 3.06. The predicted octanol–water partition coefficient (Wildman–Crippen LogP) is 1.54. The Kier molecular flexibility index (Phi) is 3.92. The van der Waals surface area contributed by atoms with E-state index in [9.17, 15) is 14.4 Å². The fourth-order valence-corrected chi connectivity index (χ4v) is 3.25. The molecule has 1 aliphatic rings. The number of carbonyl (C=O) groups excluding carboxylic acids is 3. The summed E-state index contributed by atoms with van der Waals surface area (Å²) < 4.78 is 4.53. The molecule has 1 aliphatic heterocycles. The first-order valence-electron chi connectivity index (χ1n) is 5.49. The van der Waals surface area contributed by atoms with E-state index in [2.05, 4.69) is 9.57 Å². The lowest BCUT2D eigenvalue weighted by molar-refractivity contribution is -0.176. The van der Waals surface area contributed by atoms with Gasteiger partial charge >= 0.3 is 6.16 Å². The minimum Gasteiger partial charge on any atom is -0.433 e. The van der Waals surface area contributed by atoms with E-state index < -0.39 is 26.0 Å². The quantitative estimate of drug-likeness (QED) is 0.436. The standard InChI is InChI=1S/C10H17NO5Si/c1-5-15-10(14)16-11-8(12)6-7(9(11)13)17(2,3)4/h7H,5-6H2,1-4H3. The van der Waals surface area contributed by atoms with E-state index in [0.29, 0.717) is 5.06 Å². The molecule has 0 N–H and O–H groups in total. The largest absolute Gasteiger partial charge is 0.533 e. The molecule has 0 bridgehead atoms. The first-order chi connectivity index (χ1) is 7.77. The lowest BCUT2D eigenvalue weighted by Gasteiger charge is -2.21. The summed E-state index contributed by atoms with van der Waals surface area (Å²) in [5, 5.41) is 0.543. The molecule has 0 radical (unpaired) electrons. The molecule has 1 rings (SSSR count). The summed E-state index contributed by atoms with van der Waals surface area (Å²) in [6, 6.07) is 0. The van der Waals surface area contributed by atoms with Crippen molar-refractivity contribution in [2.75, 3.05) is 6.61 Å². The van der Waals surface area contributed by atoms with Crippen molar-refractivity contribution in [1.82, 2.24) is 5.06 Å². The van der Waals surface area contributed by atoms with Crippen LogP contribution >= 0.6 is 0 Å². The van der Waals surface area contributed by atoms with E-state index in [-0.39, 0.29) is 18.6 Å². The smallest absolute Gasteiger partial charge is 0.433 e. The van der Waals surface area contributed by atoms with Crippen molar-refractivity contribution in [2.45, 2.75) is 38.5 Å². The molecule has 0 saturated carbocycles. The monoisotopic (exact) mass is 259 g/mol. The summed E-state index contributed by atoms with van der Waals surface area (Å²) >= 11 is 0. The highest BCUT2D eigenvalue weighted by Crippen LogP contribution is 2.34. The van der Waals surface area contributed by atoms with Gasteiger partial charge in [-0.3, -0.25) is 14.4 Å². The number of rotatable bonds is 3. The van der Waals surface area contributed by atoms with E-state index >= 15 is 0 Å². The maximum Gasteiger partial charge on any atom is 0.533 e. The molecule has 0 aromatic heterocycles. The molecule has 2 amide bonds. The van der Waals surface area contributed by atoms with Crippen molar-refractivity contribution in [3.8, 4) is 0 Å². The number of amides is 2. The number of ether oxygens (including phenoxy) is 1. The molecule has 1 atom stereocenters. The van der Waals surface area contributed by atoms with Gasteiger partial charge in [0.25, 0.3) is 11.8 Å². The SMILES string of the molecule is CCOC(=O)ON1C(=O)CC([Si](C)(C)C)C1=O. The number of hydroxylamine groups is 2. The van der Waals surface area contributed by atoms with Crippen molar-refractivity contribution >= 4 is 26.0 Å². The lowest BCUT2D eigenvalue weighted by Crippen LogP contribution is -2.37. The average Bonchev–Trinajstić information content (AvgIpc) is 2.45. The molecule has 0 spiro atoms. The Bertz CT molecular complexity index is 349. The normalized spacial score (nSPS) is 20.7. The van der Waals surface area contributed by atoms with Gasteiger partial charge in [-0.05, 0) is 6.92 Å². The average molecular weight is 259 g/mol. The summed E-state index contributed by atoms with van der Waals surface area (Å²) in [4.78, 5) is 39.1. The highest BCUT2D eigenvalue weighted by Gasteiger charge is 2.47. The highest BCUT2D eigenvalue weighted by molar-refractivity contribution is 6.81. The molecule has 1 heterocycles. The Morgan fingerprint density at radius 1 is 1.41 bits per heavy atom. The number of hydrogen-bond acceptors (Lipinski definition) is 5. The van der Waals surface area contributed by atoms with Crippen molar-refractivity contribution in [3.63, 3.8) is 0 Å². The first-order valence-corrected chi connectivity index (χ1v) is 9.06. The second kappa shape index (κ2) is 4.87. The molecule has 0 aliphatic carbocycles. The molecular formula is C10H17NO5Si. The Labute approximate surface area is 101 Å². The van der Waals surface area contributed by atoms with Crippen LogP contribution in [-0.4, -0.2) is 37.7 Å². The summed E-state index contributed by atoms with van der Waals surface area (Å²) in [7, 11) is -1.78. The van der Waals surface area contributed by atoms with Crippen molar-refractivity contribution in [3.05, 3.63) is 0 Å². The number of nitrogens with zero attached hydrogens (tertiary/aromatic N) is 1. The first kappa shape index (κ1) is 13.7. The van der Waals surface area contributed by atoms with Crippen LogP contribution < -0.4 is 0 Å². The predicted molar refractivity (Wildman–Crippen MR) is 61.7 cm³/mol. The number of imide groups is 1. The second-order valence-electron chi connectivity index (χ2n) is 4.92. The second-order valence-corrected chi connectivity index (χ2v) is 10.4. The van der Waals surface area contributed by atoms with Crippen molar-refractivity contribution < 1.29 is 24.0 Å². The van der Waals surface area contributed by atoms with Gasteiger partial charge in [0.15, 0.2) is 0 Å². The van der Waals surface area contributed by atoms with E-state index in [1.807, 2.05) is 19.6 Å². The zero-order valence-corrected chi connectivity index (χ0v) is 11.5. The maximum absolute atomic E-state index is 11.9. The Hall–Kier alpha value is -1.37. The van der Waals surface area contributed by atoms with Gasteiger partial charge in [-0.25, -0.2) is 4.79 Å². The third-order valence-electron chi connectivity index (χ3n) is 2.58. The van der Waals surface area contributed by atoms with Crippen molar-refractivity contribution in [2.24, 2.45) is 0 Å². The van der Waals surface area contributed by atoms with Crippen LogP contribution in [0.5, 0.6) is 0 Å². The zero-order chi connectivity index (χ0) is 13.2. The van der Waals surface area contributed by atoms with Gasteiger partial charge < -0.3 is 4.74 Å². The van der Waals surface area contributed by atoms with E-state index in [1.54, 1.807) is 6.92 Å². The molecule has 0 aromatic carbocycles. The van der Waals surface area contributed by atoms with Crippen LogP contribution in [0.25, 0.3) is 0 Å². The van der Waals surface area contributed by atoms with Crippen LogP contribution in [0, 0.1) is 0 Å². The van der Waals surface area contributed by atoms with E-state index in [0.717, 1.165) is 0 Å². The van der Waals surface area contributed by atoms with Gasteiger partial charge in [0.05, 0.1) is 14.7 Å². The van der Waals surface area contributed by atoms with Gasteiger partial charge in [0.2, 0.25) is 0 Å². The molecule has 17 heavy (non-hydrogen) atoms. The molecule has 96 valence electrons. The Morgan fingerprint density at radius 3 is 2.41 bits per heavy atom. The highest BCUT2D eigenvalue weighted by atomic mass is 28.3. The van der Waals surface area contributed by atoms with Crippen LogP contribution in [0.15, 0.2) is 0 Å². The van der Waals surface area contributed by atoms with Gasteiger partial charge in [-0.15, -0.1) is 0 Å². The molecule has 1 unspecified atom stereocenters. The minimum absolute atomic E-state index is 0.119. The summed E-state index contributed by atoms with van der Waals surface area (Å²) in [5.41, 5.74) is -0.329. The van der Waals surface area contributed by atoms with Gasteiger partial charge in [-0.2, -0.15) is 0 Å². The van der Waals surface area contributed by atoms with Crippen LogP contribution in [0.3, 0.4) is 0 Å². The molecule has 0 aromatic rings. The van der Waals surface area contributed by atoms with Crippen LogP contribution in [-0.2, 0) is 19.2 Å². The topological polar surface area (TPSA) is 72.9 Å². The summed E-state index contributed by atoms with van der Waals surface area (Å²) in [6.45, 7) is 7.73. The Morgan fingerprint density at radius 2 is 2.00 bits per heavy atom.